The number of aliphatic hydroxyl groups excluding tert-OH is 1. The number of carbonyl (C=O) groups is 2. The molecule has 1 aliphatic rings. The van der Waals surface area contributed by atoms with E-state index in [1.54, 1.807) is 0 Å². The first kappa shape index (κ1) is 36.9. The first-order valence-corrected chi connectivity index (χ1v) is 18.5. The quantitative estimate of drug-likeness (QED) is 0.0929. The molecule has 0 aliphatic carbocycles. The van der Waals surface area contributed by atoms with Crippen molar-refractivity contribution >= 4 is 17.4 Å². The van der Waals surface area contributed by atoms with E-state index in [-0.39, 0.29) is 24.7 Å². The van der Waals surface area contributed by atoms with Crippen LogP contribution in [0.3, 0.4) is 0 Å². The summed E-state index contributed by atoms with van der Waals surface area (Å²) in [4.78, 5) is 29.1. The van der Waals surface area contributed by atoms with E-state index in [0.717, 1.165) is 70.6 Å². The molecule has 0 bridgehead atoms. The third-order valence-electron chi connectivity index (χ3n) is 9.52. The van der Waals surface area contributed by atoms with E-state index in [1.165, 1.54) is 0 Å². The number of oxazole rings is 1. The number of amides is 1. The smallest absolute Gasteiger partial charge is 0.224 e. The molecule has 270 valence electrons. The lowest BCUT2D eigenvalue weighted by Gasteiger charge is -2.36. The minimum Gasteiger partial charge on any atom is -0.440 e. The van der Waals surface area contributed by atoms with Crippen LogP contribution in [0, 0.1) is 0 Å². The molecule has 52 heavy (non-hydrogen) atoms. The molecule has 2 heterocycles. The summed E-state index contributed by atoms with van der Waals surface area (Å²) in [6.45, 7) is 1.88. The van der Waals surface area contributed by atoms with Gasteiger partial charge in [0.1, 0.15) is 11.5 Å². The van der Waals surface area contributed by atoms with Crippen molar-refractivity contribution in [3.8, 4) is 22.6 Å². The molecule has 2 N–H and O–H groups in total. The number of hydrogen-bond acceptors (Lipinski definition) is 7. The molecule has 0 saturated carbocycles. The van der Waals surface area contributed by atoms with Crippen LogP contribution in [0.25, 0.3) is 22.6 Å². The van der Waals surface area contributed by atoms with Gasteiger partial charge in [0.15, 0.2) is 17.9 Å². The Morgan fingerprint density at radius 3 is 2.10 bits per heavy atom. The van der Waals surface area contributed by atoms with E-state index in [1.807, 2.05) is 116 Å². The van der Waals surface area contributed by atoms with Gasteiger partial charge in [-0.15, -0.1) is 0 Å². The summed E-state index contributed by atoms with van der Waals surface area (Å²) in [5.74, 6) is 1.68. The lowest BCUT2D eigenvalue weighted by Crippen LogP contribution is -2.30. The Labute approximate surface area is 306 Å². The second-order valence-corrected chi connectivity index (χ2v) is 13.4. The molecule has 8 heteroatoms. The summed E-state index contributed by atoms with van der Waals surface area (Å²) in [5.41, 5.74) is 6.24. The summed E-state index contributed by atoms with van der Waals surface area (Å²) < 4.78 is 19.6. The average Bonchev–Trinajstić information content (AvgIpc) is 3.63. The lowest BCUT2D eigenvalue weighted by molar-refractivity contribution is -0.251. The van der Waals surface area contributed by atoms with Crippen molar-refractivity contribution in [3.05, 3.63) is 132 Å². The van der Waals surface area contributed by atoms with Gasteiger partial charge in [0.05, 0.1) is 18.8 Å². The van der Waals surface area contributed by atoms with Gasteiger partial charge < -0.3 is 24.3 Å². The van der Waals surface area contributed by atoms with Crippen LogP contribution in [0.1, 0.15) is 99.7 Å². The molecule has 5 aromatic rings. The van der Waals surface area contributed by atoms with Crippen LogP contribution in [0.4, 0.5) is 5.69 Å². The zero-order valence-corrected chi connectivity index (χ0v) is 29.8. The van der Waals surface area contributed by atoms with Crippen molar-refractivity contribution in [2.75, 3.05) is 5.32 Å². The number of ether oxygens (including phenoxy) is 2. The highest BCUT2D eigenvalue weighted by atomic mass is 16.7. The molecule has 1 saturated heterocycles. The zero-order chi connectivity index (χ0) is 36.1. The van der Waals surface area contributed by atoms with Crippen LogP contribution in [0.2, 0.25) is 0 Å². The fraction of sp³-hybridized carbons (Fsp3) is 0.341. The first-order chi connectivity index (χ1) is 25.5. The van der Waals surface area contributed by atoms with Crippen LogP contribution < -0.4 is 5.32 Å². The van der Waals surface area contributed by atoms with Crippen molar-refractivity contribution in [1.29, 1.82) is 0 Å². The highest BCUT2D eigenvalue weighted by molar-refractivity contribution is 5.90. The highest BCUT2D eigenvalue weighted by Gasteiger charge is 2.32. The lowest BCUT2D eigenvalue weighted by atomic mass is 9.98. The molecule has 4 aromatic carbocycles. The molecule has 6 rings (SSSR count). The third kappa shape index (κ3) is 10.1. The Morgan fingerprint density at radius 1 is 0.769 bits per heavy atom. The Balaban J connectivity index is 1.12. The van der Waals surface area contributed by atoms with Crippen LogP contribution in [0.15, 0.2) is 114 Å². The predicted octanol–water partition coefficient (Wildman–Crippen LogP) is 9.94. The molecule has 1 unspecified atom stereocenters. The molecule has 0 spiro atoms. The molecular weight excluding hydrogens is 652 g/mol. The monoisotopic (exact) mass is 700 g/mol. The number of aromatic nitrogens is 1. The number of aryl methyl sites for hydroxylation is 1. The SMILES string of the molecule is CCC(=O)CCCCCCC(=O)Nc1ccc([C@@H]2OC(c3ccc(CO)cc3)C[C@H](CCc3nc(-c4ccccc4)c(-c4ccccc4)o3)O2)cc1. The van der Waals surface area contributed by atoms with Crippen LogP contribution in [-0.2, 0) is 32.1 Å². The van der Waals surface area contributed by atoms with E-state index in [4.69, 9.17) is 18.9 Å². The van der Waals surface area contributed by atoms with Crippen LogP contribution in [0.5, 0.6) is 0 Å². The Bertz CT molecular complexity index is 1800. The van der Waals surface area contributed by atoms with Gasteiger partial charge in [-0.2, -0.15) is 0 Å². The number of anilines is 1. The number of benzene rings is 4. The number of carbonyl (C=O) groups excluding carboxylic acids is 2. The molecular formula is C44H48N2O6. The predicted molar refractivity (Wildman–Crippen MR) is 202 cm³/mol. The van der Waals surface area contributed by atoms with Crippen molar-refractivity contribution in [2.24, 2.45) is 0 Å². The summed E-state index contributed by atoms with van der Waals surface area (Å²) in [7, 11) is 0. The maximum atomic E-state index is 12.6. The standard InChI is InChI=1S/C44H48N2O6/c1-2-37(48)17-11-3-4-12-18-40(49)45-36-25-23-35(24-26-36)44-50-38(29-39(51-44)32-21-19-31(30-47)20-22-32)27-28-41-46-42(33-13-7-5-8-14-33)43(52-41)34-15-9-6-10-16-34/h5-10,13-16,19-26,38-39,44,47H,2-4,11-12,17-18,27-30H2,1H3,(H,45,49)/t38-,39?,44-/m0/s1. The van der Waals surface area contributed by atoms with Gasteiger partial charge in [-0.3, -0.25) is 9.59 Å². The number of ketones is 1. The number of aliphatic hydroxyl groups is 1. The molecule has 0 radical (unpaired) electrons. The van der Waals surface area contributed by atoms with Crippen LogP contribution >= 0.6 is 0 Å². The minimum absolute atomic E-state index is 0.0175. The molecule has 1 aliphatic heterocycles. The fourth-order valence-corrected chi connectivity index (χ4v) is 6.52. The average molecular weight is 701 g/mol. The highest BCUT2D eigenvalue weighted by Crippen LogP contribution is 2.40. The van der Waals surface area contributed by atoms with E-state index >= 15 is 0 Å². The van der Waals surface area contributed by atoms with E-state index in [9.17, 15) is 14.7 Å². The van der Waals surface area contributed by atoms with Gasteiger partial charge in [0.2, 0.25) is 5.91 Å². The molecule has 1 fully saturated rings. The number of rotatable bonds is 17. The molecule has 1 amide bonds. The summed E-state index contributed by atoms with van der Waals surface area (Å²) in [6, 6.07) is 35.6. The Kier molecular flexibility index (Phi) is 13.2. The molecule has 1 aromatic heterocycles. The first-order valence-electron chi connectivity index (χ1n) is 18.5. The Morgan fingerprint density at radius 2 is 1.42 bits per heavy atom. The van der Waals surface area contributed by atoms with Crippen molar-refractivity contribution in [2.45, 2.75) is 96.2 Å². The number of hydrogen-bond donors (Lipinski definition) is 2. The van der Waals surface area contributed by atoms with E-state index in [2.05, 4.69) is 5.32 Å². The van der Waals surface area contributed by atoms with Gasteiger partial charge in [-0.1, -0.05) is 117 Å². The van der Waals surface area contributed by atoms with Crippen LogP contribution in [-0.4, -0.2) is 27.9 Å². The summed E-state index contributed by atoms with van der Waals surface area (Å²) in [5, 5.41) is 12.6. The Hall–Kier alpha value is -4.89. The maximum Gasteiger partial charge on any atom is 0.224 e. The number of unbranched alkanes of at least 4 members (excludes halogenated alkanes) is 3. The van der Waals surface area contributed by atoms with E-state index in [0.29, 0.717) is 50.2 Å². The maximum absolute atomic E-state index is 12.6. The second kappa shape index (κ2) is 18.6. The normalized spacial score (nSPS) is 17.2. The van der Waals surface area contributed by atoms with Crippen molar-refractivity contribution in [3.63, 3.8) is 0 Å². The topological polar surface area (TPSA) is 111 Å². The minimum atomic E-state index is -0.616. The van der Waals surface area contributed by atoms with Gasteiger partial charge in [-0.05, 0) is 42.5 Å². The summed E-state index contributed by atoms with van der Waals surface area (Å²) in [6.07, 6.45) is 6.18. The van der Waals surface area contributed by atoms with Gasteiger partial charge in [0.25, 0.3) is 0 Å². The third-order valence-corrected chi connectivity index (χ3v) is 9.52. The molecule has 3 atom stereocenters. The number of nitrogens with zero attached hydrogens (tertiary/aromatic N) is 1. The summed E-state index contributed by atoms with van der Waals surface area (Å²) >= 11 is 0. The van der Waals surface area contributed by atoms with Crippen molar-refractivity contribution in [1.82, 2.24) is 4.98 Å². The van der Waals surface area contributed by atoms with Gasteiger partial charge in [0, 0.05) is 54.5 Å². The zero-order valence-electron chi connectivity index (χ0n) is 29.8. The largest absolute Gasteiger partial charge is 0.440 e. The van der Waals surface area contributed by atoms with Gasteiger partial charge >= 0.3 is 0 Å². The number of nitrogens with one attached hydrogen (secondary N) is 1. The second-order valence-electron chi connectivity index (χ2n) is 13.4. The number of Topliss-reactive ketones (excluding diaryl/α,β-unsaturated/α-hetero) is 1. The molecule has 8 nitrogen and oxygen atoms in total. The van der Waals surface area contributed by atoms with Crippen molar-refractivity contribution < 1.29 is 28.6 Å². The van der Waals surface area contributed by atoms with Gasteiger partial charge in [-0.25, -0.2) is 4.98 Å². The van der Waals surface area contributed by atoms with E-state index < -0.39 is 6.29 Å². The fourth-order valence-electron chi connectivity index (χ4n) is 6.52.